The van der Waals surface area contributed by atoms with E-state index in [-0.39, 0.29) is 0 Å². The SMILES string of the molecule is [CH2]c1ccccc1Oc1ccc(OC)c(OC)c1. The van der Waals surface area contributed by atoms with Crippen LogP contribution in [0.3, 0.4) is 0 Å². The molecule has 0 heterocycles. The van der Waals surface area contributed by atoms with Gasteiger partial charge in [-0.25, -0.2) is 0 Å². The molecule has 0 saturated heterocycles. The molecule has 0 aliphatic carbocycles. The standard InChI is InChI=1S/C15H15O3/c1-11-6-4-5-7-13(11)18-12-8-9-14(16-2)15(10-12)17-3/h4-10H,1H2,2-3H3. The molecule has 2 aromatic carbocycles. The highest BCUT2D eigenvalue weighted by Crippen LogP contribution is 2.33. The second-order valence-electron chi connectivity index (χ2n) is 3.73. The van der Waals surface area contributed by atoms with Gasteiger partial charge in [0.2, 0.25) is 0 Å². The molecule has 0 unspecified atom stereocenters. The molecule has 0 amide bonds. The number of hydrogen-bond donors (Lipinski definition) is 0. The van der Waals surface area contributed by atoms with E-state index in [0.29, 0.717) is 17.2 Å². The molecule has 0 atom stereocenters. The first-order valence-corrected chi connectivity index (χ1v) is 5.55. The predicted octanol–water partition coefficient (Wildman–Crippen LogP) is 3.68. The molecule has 3 nitrogen and oxygen atoms in total. The maximum atomic E-state index is 5.75. The lowest BCUT2D eigenvalue weighted by atomic mass is 10.2. The van der Waals surface area contributed by atoms with Crippen LogP contribution in [-0.2, 0) is 0 Å². The van der Waals surface area contributed by atoms with Crippen molar-refractivity contribution in [2.75, 3.05) is 14.2 Å². The van der Waals surface area contributed by atoms with Gasteiger partial charge in [0.15, 0.2) is 11.5 Å². The van der Waals surface area contributed by atoms with Crippen LogP contribution >= 0.6 is 0 Å². The summed E-state index contributed by atoms with van der Waals surface area (Å²) in [6.45, 7) is 3.91. The van der Waals surface area contributed by atoms with Crippen molar-refractivity contribution in [2.24, 2.45) is 0 Å². The average molecular weight is 243 g/mol. The van der Waals surface area contributed by atoms with Crippen molar-refractivity contribution in [3.8, 4) is 23.0 Å². The van der Waals surface area contributed by atoms with E-state index in [0.717, 1.165) is 11.3 Å². The van der Waals surface area contributed by atoms with Gasteiger partial charge in [-0.2, -0.15) is 0 Å². The van der Waals surface area contributed by atoms with Gasteiger partial charge >= 0.3 is 0 Å². The van der Waals surface area contributed by atoms with Gasteiger partial charge in [-0.05, 0) is 30.7 Å². The largest absolute Gasteiger partial charge is 0.493 e. The van der Waals surface area contributed by atoms with Crippen LogP contribution in [0.1, 0.15) is 5.56 Å². The summed E-state index contributed by atoms with van der Waals surface area (Å²) in [5.41, 5.74) is 0.840. The first kappa shape index (κ1) is 12.3. The topological polar surface area (TPSA) is 27.7 Å². The van der Waals surface area contributed by atoms with Gasteiger partial charge < -0.3 is 14.2 Å². The molecule has 0 N–H and O–H groups in total. The summed E-state index contributed by atoms with van der Waals surface area (Å²) in [7, 11) is 3.20. The highest BCUT2D eigenvalue weighted by Gasteiger charge is 2.06. The summed E-state index contributed by atoms with van der Waals surface area (Å²) >= 11 is 0. The van der Waals surface area contributed by atoms with Crippen molar-refractivity contribution in [3.63, 3.8) is 0 Å². The predicted molar refractivity (Wildman–Crippen MR) is 70.5 cm³/mol. The van der Waals surface area contributed by atoms with E-state index in [1.807, 2.05) is 30.3 Å². The van der Waals surface area contributed by atoms with Gasteiger partial charge in [-0.1, -0.05) is 18.2 Å². The Balaban J connectivity index is 2.27. The molecule has 0 aliphatic rings. The minimum Gasteiger partial charge on any atom is -0.493 e. The first-order valence-electron chi connectivity index (χ1n) is 5.55. The molecule has 0 spiro atoms. The highest BCUT2D eigenvalue weighted by molar-refractivity contribution is 5.47. The van der Waals surface area contributed by atoms with Gasteiger partial charge in [0.25, 0.3) is 0 Å². The molecule has 18 heavy (non-hydrogen) atoms. The second-order valence-corrected chi connectivity index (χ2v) is 3.73. The van der Waals surface area contributed by atoms with E-state index in [1.54, 1.807) is 26.4 Å². The Morgan fingerprint density at radius 2 is 1.56 bits per heavy atom. The Bertz CT molecular complexity index is 535. The zero-order valence-corrected chi connectivity index (χ0v) is 10.5. The van der Waals surface area contributed by atoms with Gasteiger partial charge in [-0.15, -0.1) is 0 Å². The second kappa shape index (κ2) is 5.45. The molecule has 93 valence electrons. The maximum Gasteiger partial charge on any atom is 0.164 e. The number of rotatable bonds is 4. The summed E-state index contributed by atoms with van der Waals surface area (Å²) in [5, 5.41) is 0. The van der Waals surface area contributed by atoms with E-state index < -0.39 is 0 Å². The van der Waals surface area contributed by atoms with E-state index in [4.69, 9.17) is 14.2 Å². The minimum absolute atomic E-state index is 0.636. The van der Waals surface area contributed by atoms with Gasteiger partial charge in [0.05, 0.1) is 14.2 Å². The summed E-state index contributed by atoms with van der Waals surface area (Å²) in [6.07, 6.45) is 0. The van der Waals surface area contributed by atoms with Crippen LogP contribution in [0.2, 0.25) is 0 Å². The zero-order chi connectivity index (χ0) is 13.0. The maximum absolute atomic E-state index is 5.75. The van der Waals surface area contributed by atoms with Crippen LogP contribution in [-0.4, -0.2) is 14.2 Å². The summed E-state index contributed by atoms with van der Waals surface area (Å²) < 4.78 is 16.1. The van der Waals surface area contributed by atoms with Crippen LogP contribution in [0.4, 0.5) is 0 Å². The van der Waals surface area contributed by atoms with Crippen LogP contribution in [0, 0.1) is 6.92 Å². The van der Waals surface area contributed by atoms with Gasteiger partial charge in [0.1, 0.15) is 11.5 Å². The molecular formula is C15H15O3. The van der Waals surface area contributed by atoms with Gasteiger partial charge in [0, 0.05) is 6.07 Å². The molecule has 0 fully saturated rings. The van der Waals surface area contributed by atoms with Crippen molar-refractivity contribution >= 4 is 0 Å². The first-order chi connectivity index (χ1) is 8.74. The monoisotopic (exact) mass is 243 g/mol. The number of benzene rings is 2. The van der Waals surface area contributed by atoms with Gasteiger partial charge in [-0.3, -0.25) is 0 Å². The number of methoxy groups -OCH3 is 2. The van der Waals surface area contributed by atoms with Crippen LogP contribution < -0.4 is 14.2 Å². The Hall–Kier alpha value is -2.16. The molecule has 1 radical (unpaired) electrons. The lowest BCUT2D eigenvalue weighted by molar-refractivity contribution is 0.352. The van der Waals surface area contributed by atoms with Crippen molar-refractivity contribution in [1.82, 2.24) is 0 Å². The van der Waals surface area contributed by atoms with E-state index in [1.165, 1.54) is 0 Å². The molecule has 3 heteroatoms. The van der Waals surface area contributed by atoms with Crippen LogP contribution in [0.25, 0.3) is 0 Å². The molecule has 2 rings (SSSR count). The molecule has 0 aliphatic heterocycles. The zero-order valence-electron chi connectivity index (χ0n) is 10.5. The van der Waals surface area contributed by atoms with Crippen molar-refractivity contribution in [1.29, 1.82) is 0 Å². The number of ether oxygens (including phenoxy) is 3. The fraction of sp³-hybridized carbons (Fsp3) is 0.133. The molecule has 2 aromatic rings. The summed E-state index contributed by atoms with van der Waals surface area (Å²) in [5.74, 6) is 2.72. The Kier molecular flexibility index (Phi) is 3.72. The summed E-state index contributed by atoms with van der Waals surface area (Å²) in [4.78, 5) is 0. The molecule has 0 aromatic heterocycles. The molecule has 0 bridgehead atoms. The average Bonchev–Trinajstić information content (AvgIpc) is 2.41. The Morgan fingerprint density at radius 3 is 2.22 bits per heavy atom. The Labute approximate surface area is 107 Å². The minimum atomic E-state index is 0.636. The van der Waals surface area contributed by atoms with Crippen molar-refractivity contribution < 1.29 is 14.2 Å². The van der Waals surface area contributed by atoms with E-state index in [2.05, 4.69) is 6.92 Å². The quantitative estimate of drug-likeness (QED) is 0.819. The molecule has 0 saturated carbocycles. The Morgan fingerprint density at radius 1 is 0.833 bits per heavy atom. The fourth-order valence-corrected chi connectivity index (χ4v) is 1.61. The third kappa shape index (κ3) is 2.56. The fourth-order valence-electron chi connectivity index (χ4n) is 1.61. The van der Waals surface area contributed by atoms with Crippen molar-refractivity contribution in [3.05, 3.63) is 55.0 Å². The van der Waals surface area contributed by atoms with E-state index in [9.17, 15) is 0 Å². The lowest BCUT2D eigenvalue weighted by Crippen LogP contribution is -1.92. The number of para-hydroxylation sites is 1. The molecular weight excluding hydrogens is 228 g/mol. The third-order valence-corrected chi connectivity index (χ3v) is 2.56. The smallest absolute Gasteiger partial charge is 0.164 e. The van der Waals surface area contributed by atoms with E-state index >= 15 is 0 Å². The normalized spacial score (nSPS) is 9.94. The van der Waals surface area contributed by atoms with Crippen molar-refractivity contribution in [2.45, 2.75) is 0 Å². The van der Waals surface area contributed by atoms with Crippen LogP contribution in [0.5, 0.6) is 23.0 Å². The lowest BCUT2D eigenvalue weighted by Gasteiger charge is -2.11. The highest BCUT2D eigenvalue weighted by atomic mass is 16.5. The summed E-state index contributed by atoms with van der Waals surface area (Å²) in [6, 6.07) is 13.0. The van der Waals surface area contributed by atoms with Crippen LogP contribution in [0.15, 0.2) is 42.5 Å². The number of hydrogen-bond acceptors (Lipinski definition) is 3. The third-order valence-electron chi connectivity index (χ3n) is 2.56.